The van der Waals surface area contributed by atoms with Crippen LogP contribution in [-0.2, 0) is 0 Å². The maximum Gasteiger partial charge on any atom is 0.0692 e. The molecule has 0 spiro atoms. The summed E-state index contributed by atoms with van der Waals surface area (Å²) in [6.45, 7) is 3.92. The molecule has 1 aromatic heterocycles. The van der Waals surface area contributed by atoms with E-state index in [1.54, 1.807) is 0 Å². The molecule has 1 N–H and O–H groups in total. The molecule has 2 rings (SSSR count). The van der Waals surface area contributed by atoms with Gasteiger partial charge in [0.25, 0.3) is 0 Å². The number of halogens is 3. The van der Waals surface area contributed by atoms with Gasteiger partial charge in [0.1, 0.15) is 0 Å². The zero-order valence-corrected chi connectivity index (χ0v) is 10.8. The third-order valence-electron chi connectivity index (χ3n) is 2.34. The van der Waals surface area contributed by atoms with Gasteiger partial charge in [0.05, 0.1) is 10.5 Å². The molecule has 0 aliphatic carbocycles. The van der Waals surface area contributed by atoms with Crippen LogP contribution in [0.15, 0.2) is 10.5 Å². The molecular weight excluding hydrogens is 285 g/mol. The zero-order chi connectivity index (χ0) is 10.5. The maximum absolute atomic E-state index is 6.18. The number of rotatable bonds is 0. The Bertz CT molecular complexity index is 517. The number of aromatic amines is 1. The lowest BCUT2D eigenvalue weighted by Gasteiger charge is -2.02. The second-order valence-electron chi connectivity index (χ2n) is 3.28. The van der Waals surface area contributed by atoms with Crippen LogP contribution in [0.4, 0.5) is 0 Å². The van der Waals surface area contributed by atoms with Crippen molar-refractivity contribution in [3.05, 3.63) is 31.8 Å². The van der Waals surface area contributed by atoms with Gasteiger partial charge in [-0.2, -0.15) is 0 Å². The summed E-state index contributed by atoms with van der Waals surface area (Å²) in [7, 11) is 0. The van der Waals surface area contributed by atoms with Gasteiger partial charge in [0.15, 0.2) is 0 Å². The van der Waals surface area contributed by atoms with Crippen molar-refractivity contribution in [2.45, 2.75) is 13.8 Å². The lowest BCUT2D eigenvalue weighted by Crippen LogP contribution is -1.79. The van der Waals surface area contributed by atoms with Crippen molar-refractivity contribution in [1.82, 2.24) is 4.98 Å². The molecule has 4 heteroatoms. The topological polar surface area (TPSA) is 15.8 Å². The summed E-state index contributed by atoms with van der Waals surface area (Å²) in [6, 6.07) is 1.88. The molecule has 0 aliphatic heterocycles. The van der Waals surface area contributed by atoms with Crippen LogP contribution in [0.2, 0.25) is 10.0 Å². The Labute approximate surface area is 101 Å². The van der Waals surface area contributed by atoms with E-state index in [1.807, 2.05) is 19.9 Å². The number of nitrogens with one attached hydrogen (secondary N) is 1. The van der Waals surface area contributed by atoms with Gasteiger partial charge in [0.2, 0.25) is 0 Å². The van der Waals surface area contributed by atoms with Gasteiger partial charge in [-0.15, -0.1) is 0 Å². The van der Waals surface area contributed by atoms with Gasteiger partial charge in [-0.1, -0.05) is 23.2 Å². The number of aromatic nitrogens is 1. The molecule has 0 radical (unpaired) electrons. The minimum Gasteiger partial charge on any atom is -0.356 e. The van der Waals surface area contributed by atoms with Crippen molar-refractivity contribution in [2.75, 3.05) is 0 Å². The van der Waals surface area contributed by atoms with Crippen LogP contribution in [0.25, 0.3) is 10.9 Å². The molecule has 1 nitrogen and oxygen atoms in total. The lowest BCUT2D eigenvalue weighted by atomic mass is 10.1. The monoisotopic (exact) mass is 291 g/mol. The van der Waals surface area contributed by atoms with Gasteiger partial charge in [0, 0.05) is 20.6 Å². The first-order valence-electron chi connectivity index (χ1n) is 4.14. The largest absolute Gasteiger partial charge is 0.356 e. The van der Waals surface area contributed by atoms with Crippen LogP contribution >= 0.6 is 39.1 Å². The summed E-state index contributed by atoms with van der Waals surface area (Å²) in [4.78, 5) is 3.23. The van der Waals surface area contributed by atoms with Gasteiger partial charge >= 0.3 is 0 Å². The van der Waals surface area contributed by atoms with E-state index in [9.17, 15) is 0 Å². The van der Waals surface area contributed by atoms with Crippen LogP contribution < -0.4 is 0 Å². The average molecular weight is 293 g/mol. The highest BCUT2D eigenvalue weighted by Gasteiger charge is 2.13. The van der Waals surface area contributed by atoms with Crippen molar-refractivity contribution in [2.24, 2.45) is 0 Å². The van der Waals surface area contributed by atoms with Crippen LogP contribution in [-0.4, -0.2) is 4.98 Å². The molecule has 0 fully saturated rings. The lowest BCUT2D eigenvalue weighted by molar-refractivity contribution is 1.30. The Morgan fingerprint density at radius 3 is 2.57 bits per heavy atom. The molecule has 0 amide bonds. The predicted octanol–water partition coefficient (Wildman–Crippen LogP) is 4.85. The second kappa shape index (κ2) is 3.44. The third-order valence-corrected chi connectivity index (χ3v) is 3.83. The summed E-state index contributed by atoms with van der Waals surface area (Å²) in [6.07, 6.45) is 0. The van der Waals surface area contributed by atoms with E-state index < -0.39 is 0 Å². The Balaban J connectivity index is 3.03. The van der Waals surface area contributed by atoms with Gasteiger partial charge < -0.3 is 4.98 Å². The predicted molar refractivity (Wildman–Crippen MR) is 65.5 cm³/mol. The molecule has 0 atom stereocenters. The van der Waals surface area contributed by atoms with E-state index in [0.29, 0.717) is 0 Å². The van der Waals surface area contributed by atoms with Crippen molar-refractivity contribution in [3.8, 4) is 0 Å². The molecule has 2 aromatic rings. The molecule has 0 aliphatic rings. The molecule has 0 unspecified atom stereocenters. The van der Waals surface area contributed by atoms with E-state index >= 15 is 0 Å². The highest BCUT2D eigenvalue weighted by atomic mass is 79.9. The third kappa shape index (κ3) is 1.37. The van der Waals surface area contributed by atoms with Gasteiger partial charge in [-0.3, -0.25) is 0 Å². The molecular formula is C10H8BrCl2N. The van der Waals surface area contributed by atoms with E-state index in [0.717, 1.165) is 36.7 Å². The summed E-state index contributed by atoms with van der Waals surface area (Å²) in [5, 5.41) is 2.48. The minimum absolute atomic E-state index is 0.727. The molecule has 0 saturated heterocycles. The number of aryl methyl sites for hydroxylation is 2. The van der Waals surface area contributed by atoms with E-state index in [4.69, 9.17) is 23.2 Å². The molecule has 0 bridgehead atoms. The molecule has 1 heterocycles. The summed E-state index contributed by atoms with van der Waals surface area (Å²) < 4.78 is 0.943. The Hall–Kier alpha value is -0.180. The van der Waals surface area contributed by atoms with Crippen molar-refractivity contribution >= 4 is 50.0 Å². The van der Waals surface area contributed by atoms with Crippen LogP contribution in [0.1, 0.15) is 11.3 Å². The van der Waals surface area contributed by atoms with E-state index in [2.05, 4.69) is 20.9 Å². The summed E-state index contributed by atoms with van der Waals surface area (Å²) in [5.41, 5.74) is 2.99. The summed E-state index contributed by atoms with van der Waals surface area (Å²) in [5.74, 6) is 0. The fourth-order valence-corrected chi connectivity index (χ4v) is 2.69. The Morgan fingerprint density at radius 2 is 1.93 bits per heavy atom. The number of fused-ring (bicyclic) bond motifs is 1. The number of H-pyrrole nitrogens is 1. The Kier molecular flexibility index (Phi) is 2.54. The molecule has 14 heavy (non-hydrogen) atoms. The number of hydrogen-bond acceptors (Lipinski definition) is 0. The SMILES string of the molecule is Cc1[nH]c2c(Br)cc(Cl)c(C)c2c1Cl. The Morgan fingerprint density at radius 1 is 1.29 bits per heavy atom. The van der Waals surface area contributed by atoms with Crippen LogP contribution in [0.3, 0.4) is 0 Å². The highest BCUT2D eigenvalue weighted by Crippen LogP contribution is 2.37. The van der Waals surface area contributed by atoms with Crippen molar-refractivity contribution in [1.29, 1.82) is 0 Å². The van der Waals surface area contributed by atoms with E-state index in [1.165, 1.54) is 0 Å². The first-order chi connectivity index (χ1) is 6.52. The minimum atomic E-state index is 0.727. The van der Waals surface area contributed by atoms with Gasteiger partial charge in [-0.25, -0.2) is 0 Å². The fraction of sp³-hybridized carbons (Fsp3) is 0.200. The number of hydrogen-bond donors (Lipinski definition) is 1. The van der Waals surface area contributed by atoms with Crippen molar-refractivity contribution in [3.63, 3.8) is 0 Å². The van der Waals surface area contributed by atoms with Crippen LogP contribution in [0, 0.1) is 13.8 Å². The molecule has 74 valence electrons. The smallest absolute Gasteiger partial charge is 0.0692 e. The standard InChI is InChI=1S/C10H8BrCl2N/c1-4-7(12)3-6(11)10-8(4)9(13)5(2)14-10/h3,14H,1-2H3. The zero-order valence-electron chi connectivity index (χ0n) is 7.71. The first kappa shape index (κ1) is 10.3. The van der Waals surface area contributed by atoms with Crippen LogP contribution in [0.5, 0.6) is 0 Å². The highest BCUT2D eigenvalue weighted by molar-refractivity contribution is 9.10. The normalized spacial score (nSPS) is 11.2. The molecule has 1 aromatic carbocycles. The van der Waals surface area contributed by atoms with Gasteiger partial charge in [-0.05, 0) is 41.4 Å². The fourth-order valence-electron chi connectivity index (χ4n) is 1.54. The average Bonchev–Trinajstić information content (AvgIpc) is 2.41. The quantitative estimate of drug-likeness (QED) is 0.714. The number of benzene rings is 1. The maximum atomic E-state index is 6.18. The van der Waals surface area contributed by atoms with Crippen molar-refractivity contribution < 1.29 is 0 Å². The second-order valence-corrected chi connectivity index (χ2v) is 4.92. The van der Waals surface area contributed by atoms with E-state index in [-0.39, 0.29) is 0 Å². The summed E-state index contributed by atoms with van der Waals surface area (Å²) >= 11 is 15.7. The molecule has 0 saturated carbocycles. The first-order valence-corrected chi connectivity index (χ1v) is 5.69.